The van der Waals surface area contributed by atoms with Gasteiger partial charge in [0.25, 0.3) is 5.91 Å². The van der Waals surface area contributed by atoms with Gasteiger partial charge in [-0.1, -0.05) is 57.7 Å². The van der Waals surface area contributed by atoms with E-state index in [1.54, 1.807) is 0 Å². The van der Waals surface area contributed by atoms with E-state index < -0.39 is 0 Å². The third-order valence-corrected chi connectivity index (χ3v) is 5.37. The van der Waals surface area contributed by atoms with Crippen molar-refractivity contribution in [2.45, 2.75) is 58.8 Å². The summed E-state index contributed by atoms with van der Waals surface area (Å²) < 4.78 is 11.9. The van der Waals surface area contributed by atoms with Gasteiger partial charge >= 0.3 is 0 Å². The summed E-state index contributed by atoms with van der Waals surface area (Å²) in [5.74, 6) is 1.30. The van der Waals surface area contributed by atoms with Crippen LogP contribution in [0.2, 0.25) is 0 Å². The van der Waals surface area contributed by atoms with Crippen LogP contribution in [0.4, 0.5) is 5.69 Å². The van der Waals surface area contributed by atoms with Gasteiger partial charge in [-0.15, -0.1) is 0 Å². The predicted molar refractivity (Wildman–Crippen MR) is 133 cm³/mol. The number of rotatable bonds is 16. The number of nitrogens with one attached hydrogen (secondary N) is 1. The van der Waals surface area contributed by atoms with Gasteiger partial charge in [0.15, 0.2) is 11.5 Å². The number of para-hydroxylation sites is 1. The fourth-order valence-electron chi connectivity index (χ4n) is 3.38. The number of hydrogen-bond donors (Lipinski definition) is 1. The molecule has 0 aliphatic heterocycles. The molecule has 0 atom stereocenters. The molecule has 5 nitrogen and oxygen atoms in total. The first kappa shape index (κ1) is 25.6. The largest absolute Gasteiger partial charge is 0.490 e. The molecular formula is C27H40N2O3. The lowest BCUT2D eigenvalue weighted by molar-refractivity contribution is 0.0953. The van der Waals surface area contributed by atoms with Crippen molar-refractivity contribution < 1.29 is 14.3 Å². The number of carbonyl (C=O) groups excluding carboxylic acids is 1. The van der Waals surface area contributed by atoms with Crippen LogP contribution in [0.15, 0.2) is 48.5 Å². The van der Waals surface area contributed by atoms with E-state index in [2.05, 4.69) is 43.2 Å². The first-order valence-corrected chi connectivity index (χ1v) is 12.1. The van der Waals surface area contributed by atoms with E-state index in [0.717, 1.165) is 57.2 Å². The zero-order chi connectivity index (χ0) is 23.0. The minimum Gasteiger partial charge on any atom is -0.490 e. The lowest BCUT2D eigenvalue weighted by Gasteiger charge is -2.19. The standard InChI is InChI=1S/C27H40N2O3/c1-4-6-11-20-31-25-17-16-23(22-26(25)32-21-12-7-5-2)27(30)28-18-13-19-29(3)24-14-9-8-10-15-24/h8-10,14-17,22H,4-7,11-13,18-21H2,1-3H3,(H,28,30). The number of nitrogens with zero attached hydrogens (tertiary/aromatic N) is 1. The molecule has 0 bridgehead atoms. The van der Waals surface area contributed by atoms with Gasteiger partial charge in [-0.2, -0.15) is 0 Å². The first-order chi connectivity index (χ1) is 15.7. The van der Waals surface area contributed by atoms with Crippen LogP contribution < -0.4 is 19.7 Å². The molecule has 1 N–H and O–H groups in total. The Labute approximate surface area is 194 Å². The minimum atomic E-state index is -0.0803. The summed E-state index contributed by atoms with van der Waals surface area (Å²) in [4.78, 5) is 14.9. The van der Waals surface area contributed by atoms with Gasteiger partial charge in [-0.3, -0.25) is 4.79 Å². The Balaban J connectivity index is 1.87. The lowest BCUT2D eigenvalue weighted by Crippen LogP contribution is -2.28. The minimum absolute atomic E-state index is 0.0803. The van der Waals surface area contributed by atoms with E-state index in [4.69, 9.17) is 9.47 Å². The summed E-state index contributed by atoms with van der Waals surface area (Å²) in [6, 6.07) is 15.8. The third kappa shape index (κ3) is 9.21. The molecule has 0 aliphatic carbocycles. The van der Waals surface area contributed by atoms with Gasteiger partial charge in [-0.25, -0.2) is 0 Å². The normalized spacial score (nSPS) is 10.6. The van der Waals surface area contributed by atoms with Crippen LogP contribution in [0.3, 0.4) is 0 Å². The van der Waals surface area contributed by atoms with Crippen LogP contribution >= 0.6 is 0 Å². The Morgan fingerprint density at radius 3 is 2.16 bits per heavy atom. The second kappa shape index (κ2) is 15.2. The average molecular weight is 441 g/mol. The van der Waals surface area contributed by atoms with Gasteiger partial charge in [-0.05, 0) is 49.6 Å². The van der Waals surface area contributed by atoms with E-state index in [1.807, 2.05) is 36.4 Å². The molecule has 0 saturated carbocycles. The molecule has 2 aromatic carbocycles. The summed E-state index contributed by atoms with van der Waals surface area (Å²) in [6.07, 6.45) is 7.46. The van der Waals surface area contributed by atoms with E-state index >= 15 is 0 Å². The number of benzene rings is 2. The highest BCUT2D eigenvalue weighted by atomic mass is 16.5. The number of ether oxygens (including phenoxy) is 2. The highest BCUT2D eigenvalue weighted by Crippen LogP contribution is 2.29. The Morgan fingerprint density at radius 2 is 1.50 bits per heavy atom. The molecule has 176 valence electrons. The molecule has 5 heteroatoms. The molecule has 32 heavy (non-hydrogen) atoms. The summed E-state index contributed by atoms with van der Waals surface area (Å²) in [7, 11) is 2.07. The molecule has 0 radical (unpaired) electrons. The van der Waals surface area contributed by atoms with Crippen molar-refractivity contribution in [2.75, 3.05) is 38.3 Å². The van der Waals surface area contributed by atoms with E-state index in [1.165, 1.54) is 5.69 Å². The fraction of sp³-hybridized carbons (Fsp3) is 0.519. The van der Waals surface area contributed by atoms with Crippen LogP contribution in [0, 0.1) is 0 Å². The van der Waals surface area contributed by atoms with Crippen molar-refractivity contribution in [2.24, 2.45) is 0 Å². The highest BCUT2D eigenvalue weighted by molar-refractivity contribution is 5.94. The van der Waals surface area contributed by atoms with Crippen molar-refractivity contribution in [3.63, 3.8) is 0 Å². The summed E-state index contributed by atoms with van der Waals surface area (Å²) >= 11 is 0. The van der Waals surface area contributed by atoms with Crippen LogP contribution in [-0.4, -0.2) is 39.3 Å². The van der Waals surface area contributed by atoms with Crippen molar-refractivity contribution in [3.8, 4) is 11.5 Å². The summed E-state index contributed by atoms with van der Waals surface area (Å²) in [6.45, 7) is 7.15. The van der Waals surface area contributed by atoms with E-state index in [0.29, 0.717) is 31.1 Å². The zero-order valence-electron chi connectivity index (χ0n) is 20.1. The van der Waals surface area contributed by atoms with Crippen LogP contribution in [-0.2, 0) is 0 Å². The predicted octanol–water partition coefficient (Wildman–Crippen LogP) is 6.08. The van der Waals surface area contributed by atoms with E-state index in [9.17, 15) is 4.79 Å². The zero-order valence-corrected chi connectivity index (χ0v) is 20.1. The van der Waals surface area contributed by atoms with Crippen molar-refractivity contribution >= 4 is 11.6 Å². The molecule has 0 unspecified atom stereocenters. The number of amides is 1. The van der Waals surface area contributed by atoms with Gasteiger partial charge in [0.05, 0.1) is 13.2 Å². The topological polar surface area (TPSA) is 50.8 Å². The van der Waals surface area contributed by atoms with Crippen LogP contribution in [0.1, 0.15) is 69.2 Å². The molecule has 2 rings (SSSR count). The maximum Gasteiger partial charge on any atom is 0.251 e. The lowest BCUT2D eigenvalue weighted by atomic mass is 10.2. The quantitative estimate of drug-likeness (QED) is 0.321. The first-order valence-electron chi connectivity index (χ1n) is 12.1. The number of carbonyl (C=O) groups is 1. The maximum atomic E-state index is 12.7. The van der Waals surface area contributed by atoms with Crippen molar-refractivity contribution in [1.82, 2.24) is 5.32 Å². The smallest absolute Gasteiger partial charge is 0.251 e. The molecule has 0 fully saturated rings. The average Bonchev–Trinajstić information content (AvgIpc) is 2.83. The summed E-state index contributed by atoms with van der Waals surface area (Å²) in [5.41, 5.74) is 1.78. The molecule has 0 aliphatic rings. The Hall–Kier alpha value is -2.69. The number of unbranched alkanes of at least 4 members (excludes halogenated alkanes) is 4. The Morgan fingerprint density at radius 1 is 0.844 bits per heavy atom. The number of hydrogen-bond acceptors (Lipinski definition) is 4. The maximum absolute atomic E-state index is 12.7. The van der Waals surface area contributed by atoms with Crippen LogP contribution in [0.5, 0.6) is 11.5 Å². The fourth-order valence-corrected chi connectivity index (χ4v) is 3.38. The van der Waals surface area contributed by atoms with Gasteiger partial charge in [0.2, 0.25) is 0 Å². The summed E-state index contributed by atoms with van der Waals surface area (Å²) in [5, 5.41) is 3.03. The Kier molecular flexibility index (Phi) is 12.1. The SMILES string of the molecule is CCCCCOc1ccc(C(=O)NCCCN(C)c2ccccc2)cc1OCCCCC. The molecule has 2 aromatic rings. The Bertz CT molecular complexity index is 780. The molecule has 0 saturated heterocycles. The number of anilines is 1. The monoisotopic (exact) mass is 440 g/mol. The van der Waals surface area contributed by atoms with Crippen molar-refractivity contribution in [3.05, 3.63) is 54.1 Å². The highest BCUT2D eigenvalue weighted by Gasteiger charge is 2.12. The molecule has 0 spiro atoms. The molecule has 1 amide bonds. The van der Waals surface area contributed by atoms with Gasteiger partial charge in [0, 0.05) is 31.4 Å². The second-order valence-electron chi connectivity index (χ2n) is 8.14. The molecule has 0 heterocycles. The van der Waals surface area contributed by atoms with Gasteiger partial charge < -0.3 is 19.7 Å². The van der Waals surface area contributed by atoms with E-state index in [-0.39, 0.29) is 5.91 Å². The second-order valence-corrected chi connectivity index (χ2v) is 8.14. The van der Waals surface area contributed by atoms with Gasteiger partial charge in [0.1, 0.15) is 0 Å². The third-order valence-electron chi connectivity index (χ3n) is 5.37. The van der Waals surface area contributed by atoms with Crippen LogP contribution in [0.25, 0.3) is 0 Å². The van der Waals surface area contributed by atoms with Crippen molar-refractivity contribution in [1.29, 1.82) is 0 Å². The molecular weight excluding hydrogens is 400 g/mol. The molecule has 0 aromatic heterocycles.